The van der Waals surface area contributed by atoms with Gasteiger partial charge >= 0.3 is 0 Å². The van der Waals surface area contributed by atoms with E-state index in [0.717, 1.165) is 44.9 Å². The first-order chi connectivity index (χ1) is 16.7. The molecule has 0 radical (unpaired) electrons. The smallest absolute Gasteiger partial charge is 0.220 e. The van der Waals surface area contributed by atoms with Crippen molar-refractivity contribution in [3.8, 4) is 0 Å². The molecule has 4 heteroatoms. The van der Waals surface area contributed by atoms with E-state index in [-0.39, 0.29) is 12.5 Å². The minimum Gasteiger partial charge on any atom is -0.394 e. The summed E-state index contributed by atoms with van der Waals surface area (Å²) in [6.07, 6.45) is 32.1. The van der Waals surface area contributed by atoms with Crippen LogP contribution < -0.4 is 5.32 Å². The fraction of sp³-hybridized carbons (Fsp3) is 0.767. The van der Waals surface area contributed by atoms with E-state index < -0.39 is 12.1 Å². The van der Waals surface area contributed by atoms with E-state index in [1.165, 1.54) is 64.2 Å². The Balaban J connectivity index is 3.80. The maximum atomic E-state index is 12.2. The number of allylic oxidation sites excluding steroid dienone is 5. The largest absolute Gasteiger partial charge is 0.394 e. The molecule has 0 aromatic carbocycles. The molecule has 0 aliphatic carbocycles. The summed E-state index contributed by atoms with van der Waals surface area (Å²) in [4.78, 5) is 12.2. The molecule has 0 aromatic heterocycles. The maximum absolute atomic E-state index is 12.2. The van der Waals surface area contributed by atoms with Crippen LogP contribution in [0.1, 0.15) is 129 Å². The van der Waals surface area contributed by atoms with Crippen molar-refractivity contribution in [3.05, 3.63) is 36.5 Å². The zero-order valence-corrected chi connectivity index (χ0v) is 22.4. The highest BCUT2D eigenvalue weighted by Gasteiger charge is 2.17. The van der Waals surface area contributed by atoms with Crippen molar-refractivity contribution in [1.82, 2.24) is 5.32 Å². The zero-order chi connectivity index (χ0) is 25.1. The van der Waals surface area contributed by atoms with Gasteiger partial charge in [0.25, 0.3) is 0 Å². The Morgan fingerprint density at radius 1 is 0.676 bits per heavy atom. The lowest BCUT2D eigenvalue weighted by molar-refractivity contribution is -0.123. The summed E-state index contributed by atoms with van der Waals surface area (Å²) in [6, 6.07) is -0.637. The number of amides is 1. The number of aliphatic hydroxyl groups is 2. The predicted octanol–water partition coefficient (Wildman–Crippen LogP) is 7.55. The summed E-state index contributed by atoms with van der Waals surface area (Å²) < 4.78 is 0. The number of nitrogens with one attached hydrogen (secondary N) is 1. The van der Waals surface area contributed by atoms with Crippen LogP contribution in [-0.4, -0.2) is 34.9 Å². The normalized spacial score (nSPS) is 13.9. The van der Waals surface area contributed by atoms with Gasteiger partial charge in [-0.05, 0) is 51.4 Å². The van der Waals surface area contributed by atoms with Crippen LogP contribution in [0.2, 0.25) is 0 Å². The molecule has 0 aliphatic rings. The number of hydrogen-bond donors (Lipinski definition) is 3. The van der Waals surface area contributed by atoms with Gasteiger partial charge in [0.05, 0.1) is 18.8 Å². The standard InChI is InChI=1S/C30H55NO3/c1-3-5-7-9-11-13-15-16-17-19-21-23-25-29(33)28(27-32)31-30(34)26-24-22-20-18-14-12-10-8-6-4-2/h8,10,16-17,23,25,28-29,32-33H,3-7,9,11-15,18-22,24,26-27H2,1-2H3,(H,31,34)/b10-8-,17-16+,25-23+. The Hall–Kier alpha value is -1.39. The highest BCUT2D eigenvalue weighted by molar-refractivity contribution is 5.76. The molecule has 34 heavy (non-hydrogen) atoms. The molecule has 1 amide bonds. The molecule has 2 atom stereocenters. The molecule has 0 saturated heterocycles. The second-order valence-electron chi connectivity index (χ2n) is 9.45. The van der Waals surface area contributed by atoms with Crippen LogP contribution in [0.15, 0.2) is 36.5 Å². The van der Waals surface area contributed by atoms with Crippen molar-refractivity contribution in [3.63, 3.8) is 0 Å². The molecule has 3 N–H and O–H groups in total. The minimum absolute atomic E-state index is 0.0911. The van der Waals surface area contributed by atoms with Crippen LogP contribution in [0.3, 0.4) is 0 Å². The van der Waals surface area contributed by atoms with E-state index in [4.69, 9.17) is 0 Å². The quantitative estimate of drug-likeness (QED) is 0.0992. The lowest BCUT2D eigenvalue weighted by atomic mass is 10.1. The fourth-order valence-electron chi connectivity index (χ4n) is 3.84. The van der Waals surface area contributed by atoms with Gasteiger partial charge in [0.2, 0.25) is 5.91 Å². The van der Waals surface area contributed by atoms with E-state index >= 15 is 0 Å². The Morgan fingerprint density at radius 2 is 1.21 bits per heavy atom. The van der Waals surface area contributed by atoms with E-state index in [9.17, 15) is 15.0 Å². The van der Waals surface area contributed by atoms with Crippen molar-refractivity contribution >= 4 is 5.91 Å². The zero-order valence-electron chi connectivity index (χ0n) is 22.4. The van der Waals surface area contributed by atoms with Crippen LogP contribution in [0, 0.1) is 0 Å². The number of aliphatic hydroxyl groups excluding tert-OH is 2. The second-order valence-corrected chi connectivity index (χ2v) is 9.45. The number of unbranched alkanes of at least 4 members (excludes halogenated alkanes) is 13. The van der Waals surface area contributed by atoms with Crippen LogP contribution >= 0.6 is 0 Å². The molecule has 0 saturated carbocycles. The molecule has 4 nitrogen and oxygen atoms in total. The first kappa shape index (κ1) is 32.6. The summed E-state index contributed by atoms with van der Waals surface area (Å²) in [6.45, 7) is 4.17. The van der Waals surface area contributed by atoms with Crippen LogP contribution in [0.4, 0.5) is 0 Å². The summed E-state index contributed by atoms with van der Waals surface area (Å²) in [5.41, 5.74) is 0. The average Bonchev–Trinajstić information content (AvgIpc) is 2.84. The molecule has 198 valence electrons. The van der Waals surface area contributed by atoms with Gasteiger partial charge < -0.3 is 15.5 Å². The first-order valence-electron chi connectivity index (χ1n) is 14.2. The Labute approximate surface area is 211 Å². The van der Waals surface area contributed by atoms with Crippen LogP contribution in [0.5, 0.6) is 0 Å². The lowest BCUT2D eigenvalue weighted by Crippen LogP contribution is -2.45. The van der Waals surface area contributed by atoms with Crippen molar-refractivity contribution in [2.24, 2.45) is 0 Å². The van der Waals surface area contributed by atoms with Gasteiger partial charge in [-0.2, -0.15) is 0 Å². The van der Waals surface area contributed by atoms with Crippen molar-refractivity contribution in [2.75, 3.05) is 6.61 Å². The molecular formula is C30H55NO3. The Morgan fingerprint density at radius 3 is 1.82 bits per heavy atom. The third-order valence-corrected chi connectivity index (χ3v) is 6.08. The molecule has 0 heterocycles. The summed E-state index contributed by atoms with van der Waals surface area (Å²) in [5.74, 6) is -0.0911. The molecule has 0 fully saturated rings. The van der Waals surface area contributed by atoms with Gasteiger partial charge in [-0.25, -0.2) is 0 Å². The number of rotatable bonds is 24. The number of carbonyl (C=O) groups excluding carboxylic acids is 1. The summed E-state index contributed by atoms with van der Waals surface area (Å²) in [7, 11) is 0. The summed E-state index contributed by atoms with van der Waals surface area (Å²) in [5, 5.41) is 22.6. The van der Waals surface area contributed by atoms with E-state index in [0.29, 0.717) is 6.42 Å². The monoisotopic (exact) mass is 477 g/mol. The third-order valence-electron chi connectivity index (χ3n) is 6.08. The molecule has 0 rings (SSSR count). The Kier molecular flexibility index (Phi) is 25.1. The number of carbonyl (C=O) groups is 1. The molecular weight excluding hydrogens is 422 g/mol. The Bertz CT molecular complexity index is 527. The van der Waals surface area contributed by atoms with E-state index in [2.05, 4.69) is 43.5 Å². The fourth-order valence-corrected chi connectivity index (χ4v) is 3.84. The molecule has 0 aliphatic heterocycles. The van der Waals surface area contributed by atoms with Crippen LogP contribution in [-0.2, 0) is 4.79 Å². The topological polar surface area (TPSA) is 69.6 Å². The number of hydrogen-bond acceptors (Lipinski definition) is 3. The molecule has 2 unspecified atom stereocenters. The highest BCUT2D eigenvalue weighted by atomic mass is 16.3. The summed E-state index contributed by atoms with van der Waals surface area (Å²) >= 11 is 0. The molecule has 0 spiro atoms. The van der Waals surface area contributed by atoms with Gasteiger partial charge in [-0.1, -0.05) is 108 Å². The van der Waals surface area contributed by atoms with Gasteiger partial charge in [0.15, 0.2) is 0 Å². The van der Waals surface area contributed by atoms with Gasteiger partial charge in [-0.3, -0.25) is 4.79 Å². The lowest BCUT2D eigenvalue weighted by Gasteiger charge is -2.19. The van der Waals surface area contributed by atoms with E-state index in [1.807, 2.05) is 6.08 Å². The highest BCUT2D eigenvalue weighted by Crippen LogP contribution is 2.09. The van der Waals surface area contributed by atoms with Crippen molar-refractivity contribution < 1.29 is 15.0 Å². The van der Waals surface area contributed by atoms with Crippen molar-refractivity contribution in [2.45, 2.75) is 142 Å². The second kappa shape index (κ2) is 26.2. The maximum Gasteiger partial charge on any atom is 0.220 e. The van der Waals surface area contributed by atoms with Gasteiger partial charge in [-0.15, -0.1) is 0 Å². The SMILES string of the molecule is CCC/C=C\CCCCCCCC(=O)NC(CO)C(O)/C=C/CC/C=C/CCCCCCCC. The predicted molar refractivity (Wildman–Crippen MR) is 147 cm³/mol. The minimum atomic E-state index is -0.859. The average molecular weight is 478 g/mol. The van der Waals surface area contributed by atoms with Crippen LogP contribution in [0.25, 0.3) is 0 Å². The van der Waals surface area contributed by atoms with Gasteiger partial charge in [0, 0.05) is 6.42 Å². The van der Waals surface area contributed by atoms with Crippen molar-refractivity contribution in [1.29, 1.82) is 0 Å². The molecule has 0 aromatic rings. The van der Waals surface area contributed by atoms with E-state index in [1.54, 1.807) is 6.08 Å². The molecule has 0 bridgehead atoms. The van der Waals surface area contributed by atoms with Gasteiger partial charge in [0.1, 0.15) is 0 Å². The third kappa shape index (κ3) is 22.4. The first-order valence-corrected chi connectivity index (χ1v) is 14.2.